The Kier molecular flexibility index (Phi) is 7.98. The maximum absolute atomic E-state index is 12.2. The number of carbonyl (C=O) groups excluding carboxylic acids is 2. The van der Waals surface area contributed by atoms with Crippen LogP contribution in [0.4, 0.5) is 4.79 Å². The summed E-state index contributed by atoms with van der Waals surface area (Å²) in [5, 5.41) is 10.7. The number of rotatable bonds is 8. The van der Waals surface area contributed by atoms with Crippen molar-refractivity contribution < 1.29 is 14.7 Å². The zero-order valence-corrected chi connectivity index (χ0v) is 19.3. The lowest BCUT2D eigenvalue weighted by molar-refractivity contribution is -0.130. The predicted molar refractivity (Wildman–Crippen MR) is 117 cm³/mol. The van der Waals surface area contributed by atoms with Gasteiger partial charge in [0.1, 0.15) is 0 Å². The third-order valence-corrected chi connectivity index (χ3v) is 7.31. The fourth-order valence-electron chi connectivity index (χ4n) is 5.52. The largest absolute Gasteiger partial charge is 0.390 e. The SMILES string of the molecule is CC(=O)N(CCN1CCC(N(C)C(=O)N(C)C)C1)CC(O)CN1C2CCCC1CC2. The number of nitrogens with zero attached hydrogens (tertiary/aromatic N) is 5. The molecule has 172 valence electrons. The number of fused-ring (bicyclic) bond motifs is 2. The van der Waals surface area contributed by atoms with Crippen LogP contribution in [0.5, 0.6) is 0 Å². The Morgan fingerprint density at radius 1 is 1.07 bits per heavy atom. The summed E-state index contributed by atoms with van der Waals surface area (Å²) < 4.78 is 0. The van der Waals surface area contributed by atoms with Gasteiger partial charge < -0.3 is 19.8 Å². The molecule has 0 aromatic rings. The van der Waals surface area contributed by atoms with E-state index in [0.717, 1.165) is 26.1 Å². The number of likely N-dealkylation sites (N-methyl/N-ethyl adjacent to an activating group) is 1. The van der Waals surface area contributed by atoms with Crippen LogP contribution >= 0.6 is 0 Å². The van der Waals surface area contributed by atoms with Crippen LogP contribution in [0.1, 0.15) is 45.4 Å². The second-order valence-corrected chi connectivity index (χ2v) is 9.66. The molecule has 3 amide bonds. The fraction of sp³-hybridized carbons (Fsp3) is 0.909. The Bertz CT molecular complexity index is 585. The molecular weight excluding hydrogens is 382 g/mol. The normalized spacial score (nSPS) is 27.8. The van der Waals surface area contributed by atoms with Gasteiger partial charge in [0.05, 0.1) is 6.10 Å². The van der Waals surface area contributed by atoms with Crippen LogP contribution in [-0.4, -0.2) is 126 Å². The van der Waals surface area contributed by atoms with Crippen molar-refractivity contribution in [2.24, 2.45) is 0 Å². The highest BCUT2D eigenvalue weighted by molar-refractivity contribution is 5.74. The monoisotopic (exact) mass is 423 g/mol. The van der Waals surface area contributed by atoms with E-state index in [1.165, 1.54) is 32.1 Å². The smallest absolute Gasteiger partial charge is 0.319 e. The van der Waals surface area contributed by atoms with E-state index >= 15 is 0 Å². The van der Waals surface area contributed by atoms with Gasteiger partial charge in [0.2, 0.25) is 5.91 Å². The highest BCUT2D eigenvalue weighted by Crippen LogP contribution is 2.35. The van der Waals surface area contributed by atoms with Gasteiger partial charge in [-0.2, -0.15) is 0 Å². The van der Waals surface area contributed by atoms with Gasteiger partial charge >= 0.3 is 6.03 Å². The molecule has 2 bridgehead atoms. The molecule has 3 rings (SSSR count). The van der Waals surface area contributed by atoms with Crippen LogP contribution in [0.25, 0.3) is 0 Å². The van der Waals surface area contributed by atoms with Gasteiger partial charge in [0.25, 0.3) is 0 Å². The van der Waals surface area contributed by atoms with E-state index < -0.39 is 6.10 Å². The van der Waals surface area contributed by atoms with Crippen molar-refractivity contribution in [3.05, 3.63) is 0 Å². The van der Waals surface area contributed by atoms with Crippen LogP contribution in [0.2, 0.25) is 0 Å². The molecule has 0 spiro atoms. The Labute approximate surface area is 181 Å². The summed E-state index contributed by atoms with van der Waals surface area (Å²) in [5.41, 5.74) is 0. The molecule has 8 nitrogen and oxygen atoms in total. The van der Waals surface area contributed by atoms with E-state index in [9.17, 15) is 14.7 Å². The fourth-order valence-corrected chi connectivity index (χ4v) is 5.52. The van der Waals surface area contributed by atoms with E-state index in [-0.39, 0.29) is 18.0 Å². The third kappa shape index (κ3) is 5.65. The minimum atomic E-state index is -0.495. The Morgan fingerprint density at radius 3 is 2.33 bits per heavy atom. The first-order valence-corrected chi connectivity index (χ1v) is 11.6. The number of hydrogen-bond donors (Lipinski definition) is 1. The number of amides is 3. The standard InChI is InChI=1S/C22H41N5O3/c1-17(28)26(15-21(29)16-27-18-6-5-7-19(27)9-8-18)13-12-25-11-10-20(14-25)24(4)22(30)23(2)3/h18-21,29H,5-16H2,1-4H3. The van der Waals surface area contributed by atoms with Gasteiger partial charge in [0, 0.05) is 85.5 Å². The number of hydrogen-bond acceptors (Lipinski definition) is 5. The molecule has 3 aliphatic rings. The first-order valence-electron chi connectivity index (χ1n) is 11.6. The lowest BCUT2D eigenvalue weighted by Crippen LogP contribution is -2.48. The van der Waals surface area contributed by atoms with Crippen LogP contribution in [0.15, 0.2) is 0 Å². The van der Waals surface area contributed by atoms with E-state index in [4.69, 9.17) is 0 Å². The number of likely N-dealkylation sites (tertiary alicyclic amines) is 1. The predicted octanol–water partition coefficient (Wildman–Crippen LogP) is 0.900. The minimum Gasteiger partial charge on any atom is -0.390 e. The third-order valence-electron chi connectivity index (χ3n) is 7.31. The second-order valence-electron chi connectivity index (χ2n) is 9.66. The van der Waals surface area contributed by atoms with Gasteiger partial charge in [-0.05, 0) is 32.1 Å². The van der Waals surface area contributed by atoms with Crippen molar-refractivity contribution >= 4 is 11.9 Å². The lowest BCUT2D eigenvalue weighted by Gasteiger charge is -2.37. The van der Waals surface area contributed by atoms with E-state index in [2.05, 4.69) is 9.80 Å². The molecule has 0 aromatic carbocycles. The molecule has 3 aliphatic heterocycles. The van der Waals surface area contributed by atoms with E-state index in [0.29, 0.717) is 31.7 Å². The van der Waals surface area contributed by atoms with Gasteiger partial charge in [-0.1, -0.05) is 6.42 Å². The summed E-state index contributed by atoms with van der Waals surface area (Å²) in [6, 6.07) is 1.51. The molecule has 8 heteroatoms. The molecule has 0 aromatic heterocycles. The molecule has 0 aliphatic carbocycles. The average Bonchev–Trinajstić information content (AvgIpc) is 3.24. The zero-order chi connectivity index (χ0) is 21.8. The number of piperidine rings is 1. The Morgan fingerprint density at radius 2 is 1.73 bits per heavy atom. The van der Waals surface area contributed by atoms with Gasteiger partial charge in [-0.15, -0.1) is 0 Å². The molecule has 30 heavy (non-hydrogen) atoms. The minimum absolute atomic E-state index is 0.0197. The molecule has 1 N–H and O–H groups in total. The molecule has 3 fully saturated rings. The lowest BCUT2D eigenvalue weighted by atomic mass is 10.0. The van der Waals surface area contributed by atoms with Crippen molar-refractivity contribution in [3.63, 3.8) is 0 Å². The van der Waals surface area contributed by atoms with Crippen molar-refractivity contribution in [1.29, 1.82) is 0 Å². The van der Waals surface area contributed by atoms with Crippen molar-refractivity contribution in [3.8, 4) is 0 Å². The van der Waals surface area contributed by atoms with Crippen LogP contribution in [0, 0.1) is 0 Å². The Balaban J connectivity index is 1.43. The van der Waals surface area contributed by atoms with Gasteiger partial charge in [-0.3, -0.25) is 14.6 Å². The summed E-state index contributed by atoms with van der Waals surface area (Å²) in [6.07, 6.45) is 6.79. The molecule has 4 unspecified atom stereocenters. The molecule has 3 saturated heterocycles. The summed E-state index contributed by atoms with van der Waals surface area (Å²) in [4.78, 5) is 34.4. The van der Waals surface area contributed by atoms with Crippen molar-refractivity contribution in [2.45, 2.75) is 69.7 Å². The highest BCUT2D eigenvalue weighted by Gasteiger charge is 2.37. The molecule has 0 saturated carbocycles. The average molecular weight is 424 g/mol. The summed E-state index contributed by atoms with van der Waals surface area (Å²) in [5.74, 6) is 0.0197. The summed E-state index contributed by atoms with van der Waals surface area (Å²) in [6.45, 7) is 5.85. The van der Waals surface area contributed by atoms with E-state index in [1.54, 1.807) is 30.8 Å². The van der Waals surface area contributed by atoms with Crippen molar-refractivity contribution in [2.75, 3.05) is 60.4 Å². The Hall–Kier alpha value is -1.38. The topological polar surface area (TPSA) is 70.6 Å². The number of urea groups is 1. The number of aliphatic hydroxyl groups is 1. The van der Waals surface area contributed by atoms with Crippen LogP contribution < -0.4 is 0 Å². The number of carbonyl (C=O) groups is 2. The zero-order valence-electron chi connectivity index (χ0n) is 19.3. The second kappa shape index (κ2) is 10.3. The first-order chi connectivity index (χ1) is 14.3. The molecule has 4 atom stereocenters. The van der Waals surface area contributed by atoms with Gasteiger partial charge in [0.15, 0.2) is 0 Å². The number of aliphatic hydroxyl groups excluding tert-OH is 1. The quantitative estimate of drug-likeness (QED) is 0.628. The highest BCUT2D eigenvalue weighted by atomic mass is 16.3. The maximum Gasteiger partial charge on any atom is 0.319 e. The molecule has 0 radical (unpaired) electrons. The first kappa shape index (κ1) is 23.3. The van der Waals surface area contributed by atoms with E-state index in [1.807, 2.05) is 11.9 Å². The summed E-state index contributed by atoms with van der Waals surface area (Å²) in [7, 11) is 5.41. The molecule has 3 heterocycles. The van der Waals surface area contributed by atoms with Crippen molar-refractivity contribution in [1.82, 2.24) is 24.5 Å². The molecular formula is C22H41N5O3. The maximum atomic E-state index is 12.2. The van der Waals surface area contributed by atoms with Gasteiger partial charge in [-0.25, -0.2) is 4.79 Å². The van der Waals surface area contributed by atoms with Crippen LogP contribution in [0.3, 0.4) is 0 Å². The van der Waals surface area contributed by atoms with Crippen LogP contribution in [-0.2, 0) is 4.79 Å². The summed E-state index contributed by atoms with van der Waals surface area (Å²) >= 11 is 0.